The second-order valence-electron chi connectivity index (χ2n) is 14.2. The highest BCUT2D eigenvalue weighted by Crippen LogP contribution is 2.55. The minimum absolute atomic E-state index is 0.0318. The number of benzene rings is 6. The van der Waals surface area contributed by atoms with Gasteiger partial charge < -0.3 is 0 Å². The van der Waals surface area contributed by atoms with E-state index in [1.165, 1.54) is 55.6 Å². The predicted octanol–water partition coefficient (Wildman–Crippen LogP) is 11.8. The third-order valence-corrected chi connectivity index (χ3v) is 10.7. The van der Waals surface area contributed by atoms with Crippen LogP contribution in [-0.2, 0) is 10.8 Å². The number of hydrogen-bond acceptors (Lipinski definition) is 2. The van der Waals surface area contributed by atoms with E-state index in [2.05, 4.69) is 161 Å². The Balaban J connectivity index is 1.23. The molecule has 9 rings (SSSR count). The number of hydrogen-bond donors (Lipinski definition) is 0. The summed E-state index contributed by atoms with van der Waals surface area (Å²) >= 11 is 0. The van der Waals surface area contributed by atoms with Gasteiger partial charge in [0.1, 0.15) is 0 Å². The molecule has 6 aromatic carbocycles. The highest BCUT2D eigenvalue weighted by Gasteiger charge is 2.39. The molecule has 0 bridgehead atoms. The van der Waals surface area contributed by atoms with E-state index in [0.29, 0.717) is 0 Å². The van der Waals surface area contributed by atoms with Crippen molar-refractivity contribution in [3.05, 3.63) is 168 Å². The fraction of sp³-hybridized carbons (Fsp3) is 0.130. The molecule has 48 heavy (non-hydrogen) atoms. The molecule has 0 saturated heterocycles. The molecular formula is C46H36N2. The van der Waals surface area contributed by atoms with Crippen LogP contribution in [0.2, 0.25) is 0 Å². The zero-order valence-electron chi connectivity index (χ0n) is 27.8. The first kappa shape index (κ1) is 28.6. The topological polar surface area (TPSA) is 25.8 Å². The van der Waals surface area contributed by atoms with Gasteiger partial charge in [0.2, 0.25) is 0 Å². The van der Waals surface area contributed by atoms with Crippen molar-refractivity contribution in [3.63, 3.8) is 0 Å². The van der Waals surface area contributed by atoms with E-state index in [1.807, 2.05) is 12.1 Å². The van der Waals surface area contributed by atoms with Crippen LogP contribution in [-0.4, -0.2) is 9.97 Å². The summed E-state index contributed by atoms with van der Waals surface area (Å²) in [4.78, 5) is 10.5. The zero-order chi connectivity index (χ0) is 32.6. The van der Waals surface area contributed by atoms with Gasteiger partial charge in [-0.1, -0.05) is 161 Å². The lowest BCUT2D eigenvalue weighted by Crippen LogP contribution is -2.15. The van der Waals surface area contributed by atoms with Gasteiger partial charge in [0.05, 0.1) is 11.4 Å². The molecule has 1 heterocycles. The molecule has 0 fully saturated rings. The van der Waals surface area contributed by atoms with Crippen molar-refractivity contribution in [1.82, 2.24) is 9.97 Å². The molecule has 0 amide bonds. The van der Waals surface area contributed by atoms with E-state index < -0.39 is 0 Å². The van der Waals surface area contributed by atoms with Crippen LogP contribution in [0.25, 0.3) is 67.3 Å². The SMILES string of the molecule is CC1(C)c2ccccc2-c2c(-c3ccc4c(c3)C(C)(C)c3cccc(-c5nc(-c6ccccc6)cc(-c6ccccc6)n5)c3-4)cccc21. The van der Waals surface area contributed by atoms with E-state index in [-0.39, 0.29) is 10.8 Å². The van der Waals surface area contributed by atoms with Gasteiger partial charge in [-0.2, -0.15) is 0 Å². The Morgan fingerprint density at radius 3 is 1.48 bits per heavy atom. The molecule has 1 aromatic heterocycles. The van der Waals surface area contributed by atoms with Gasteiger partial charge in [0.25, 0.3) is 0 Å². The molecule has 230 valence electrons. The molecule has 0 unspecified atom stereocenters. The molecule has 0 atom stereocenters. The van der Waals surface area contributed by atoms with Crippen molar-refractivity contribution < 1.29 is 0 Å². The predicted molar refractivity (Wildman–Crippen MR) is 199 cm³/mol. The third-order valence-electron chi connectivity index (χ3n) is 10.7. The van der Waals surface area contributed by atoms with Gasteiger partial charge in [0, 0.05) is 27.5 Å². The maximum absolute atomic E-state index is 5.23. The molecule has 0 radical (unpaired) electrons. The first-order valence-corrected chi connectivity index (χ1v) is 16.8. The fourth-order valence-electron chi connectivity index (χ4n) is 8.22. The van der Waals surface area contributed by atoms with Crippen LogP contribution in [0.1, 0.15) is 49.9 Å². The lowest BCUT2D eigenvalue weighted by molar-refractivity contribution is 0.660. The van der Waals surface area contributed by atoms with Gasteiger partial charge in [-0.25, -0.2) is 9.97 Å². The first-order valence-electron chi connectivity index (χ1n) is 16.8. The smallest absolute Gasteiger partial charge is 0.161 e. The molecule has 0 N–H and O–H groups in total. The van der Waals surface area contributed by atoms with Gasteiger partial charge in [0.15, 0.2) is 5.82 Å². The molecule has 2 nitrogen and oxygen atoms in total. The minimum Gasteiger partial charge on any atom is -0.228 e. The molecule has 2 heteroatoms. The molecule has 2 aliphatic rings. The number of nitrogens with zero attached hydrogens (tertiary/aromatic N) is 2. The van der Waals surface area contributed by atoms with E-state index in [4.69, 9.17) is 9.97 Å². The van der Waals surface area contributed by atoms with Crippen LogP contribution in [0.4, 0.5) is 0 Å². The van der Waals surface area contributed by atoms with Gasteiger partial charge >= 0.3 is 0 Å². The summed E-state index contributed by atoms with van der Waals surface area (Å²) in [5, 5.41) is 0. The van der Waals surface area contributed by atoms with Crippen molar-refractivity contribution >= 4 is 0 Å². The zero-order valence-corrected chi connectivity index (χ0v) is 27.8. The van der Waals surface area contributed by atoms with Crippen LogP contribution in [0, 0.1) is 0 Å². The summed E-state index contributed by atoms with van der Waals surface area (Å²) in [6.07, 6.45) is 0. The average molecular weight is 617 g/mol. The van der Waals surface area contributed by atoms with Crippen LogP contribution in [0.5, 0.6) is 0 Å². The van der Waals surface area contributed by atoms with Crippen LogP contribution in [0.15, 0.2) is 146 Å². The molecule has 0 aliphatic heterocycles. The average Bonchev–Trinajstić information content (AvgIpc) is 3.51. The highest BCUT2D eigenvalue weighted by molar-refractivity contribution is 5.96. The number of fused-ring (bicyclic) bond motifs is 6. The van der Waals surface area contributed by atoms with Crippen molar-refractivity contribution in [1.29, 1.82) is 0 Å². The Hall–Kier alpha value is -5.60. The minimum atomic E-state index is -0.189. The Labute approximate surface area is 282 Å². The van der Waals surface area contributed by atoms with E-state index >= 15 is 0 Å². The van der Waals surface area contributed by atoms with Crippen molar-refractivity contribution in [2.75, 3.05) is 0 Å². The monoisotopic (exact) mass is 616 g/mol. The van der Waals surface area contributed by atoms with Gasteiger partial charge in [-0.3, -0.25) is 0 Å². The fourth-order valence-corrected chi connectivity index (χ4v) is 8.22. The van der Waals surface area contributed by atoms with Gasteiger partial charge in [-0.15, -0.1) is 0 Å². The highest BCUT2D eigenvalue weighted by atomic mass is 14.9. The lowest BCUT2D eigenvalue weighted by atomic mass is 9.80. The second-order valence-corrected chi connectivity index (χ2v) is 14.2. The lowest BCUT2D eigenvalue weighted by Gasteiger charge is -2.23. The maximum Gasteiger partial charge on any atom is 0.161 e. The summed E-state index contributed by atoms with van der Waals surface area (Å²) in [5.41, 5.74) is 18.1. The standard InChI is InChI=1S/C46H36N2/c1-45(2)36-22-12-11-19-33(36)42-32(20-13-23-37(42)45)31-25-26-34-39(27-31)46(3,4)38-24-14-21-35(43(34)38)44-47-40(29-15-7-5-8-16-29)28-41(48-44)30-17-9-6-10-18-30/h5-28H,1-4H3. The van der Waals surface area contributed by atoms with E-state index in [9.17, 15) is 0 Å². The summed E-state index contributed by atoms with van der Waals surface area (Å²) in [6.45, 7) is 9.42. The van der Waals surface area contributed by atoms with Crippen LogP contribution >= 0.6 is 0 Å². The summed E-state index contributed by atoms with van der Waals surface area (Å²) in [6, 6.07) is 52.5. The maximum atomic E-state index is 5.23. The molecule has 0 spiro atoms. The first-order chi connectivity index (χ1) is 23.3. The normalized spacial score (nSPS) is 14.6. The summed E-state index contributed by atoms with van der Waals surface area (Å²) in [5.74, 6) is 0.750. The molecular weight excluding hydrogens is 581 g/mol. The number of aromatic nitrogens is 2. The Kier molecular flexibility index (Phi) is 6.23. The van der Waals surface area contributed by atoms with Crippen LogP contribution < -0.4 is 0 Å². The third kappa shape index (κ3) is 4.19. The van der Waals surface area contributed by atoms with Crippen LogP contribution in [0.3, 0.4) is 0 Å². The molecule has 2 aliphatic carbocycles. The number of rotatable bonds is 4. The summed E-state index contributed by atoms with van der Waals surface area (Å²) < 4.78 is 0. The van der Waals surface area contributed by atoms with Crippen molar-refractivity contribution in [3.8, 4) is 67.3 Å². The largest absolute Gasteiger partial charge is 0.228 e. The van der Waals surface area contributed by atoms with E-state index in [0.717, 1.165) is 33.9 Å². The van der Waals surface area contributed by atoms with Crippen molar-refractivity contribution in [2.24, 2.45) is 0 Å². The van der Waals surface area contributed by atoms with Gasteiger partial charge in [-0.05, 0) is 67.8 Å². The quantitative estimate of drug-likeness (QED) is 0.197. The molecule has 7 aromatic rings. The van der Waals surface area contributed by atoms with Crippen molar-refractivity contribution in [2.45, 2.75) is 38.5 Å². The van der Waals surface area contributed by atoms with E-state index in [1.54, 1.807) is 0 Å². The Morgan fingerprint density at radius 1 is 0.354 bits per heavy atom. The molecule has 0 saturated carbocycles. The Bertz CT molecular complexity index is 2330. The Morgan fingerprint density at radius 2 is 0.833 bits per heavy atom. The second kappa shape index (κ2) is 10.5. The summed E-state index contributed by atoms with van der Waals surface area (Å²) in [7, 11) is 0.